The summed E-state index contributed by atoms with van der Waals surface area (Å²) >= 11 is 5.80. The summed E-state index contributed by atoms with van der Waals surface area (Å²) in [5.41, 5.74) is 2.48. The number of aryl methyl sites for hydroxylation is 1. The number of aromatic nitrogens is 3. The molecule has 2 N–H and O–H groups in total. The zero-order valence-corrected chi connectivity index (χ0v) is 17.8. The van der Waals surface area contributed by atoms with Gasteiger partial charge in [0.15, 0.2) is 5.65 Å². The van der Waals surface area contributed by atoms with E-state index in [2.05, 4.69) is 25.5 Å². The molecular formula is C20H19ClF3N5O3. The van der Waals surface area contributed by atoms with Gasteiger partial charge in [0.05, 0.1) is 11.2 Å². The highest BCUT2D eigenvalue weighted by molar-refractivity contribution is 6.32. The number of fused-ring (bicyclic) bond motifs is 1. The third kappa shape index (κ3) is 5.67. The highest BCUT2D eigenvalue weighted by atomic mass is 35.5. The van der Waals surface area contributed by atoms with Gasteiger partial charge in [-0.2, -0.15) is 5.10 Å². The van der Waals surface area contributed by atoms with Crippen LogP contribution >= 0.6 is 11.6 Å². The summed E-state index contributed by atoms with van der Waals surface area (Å²) < 4.78 is 43.1. The van der Waals surface area contributed by atoms with E-state index in [9.17, 15) is 22.8 Å². The second-order valence-electron chi connectivity index (χ2n) is 6.89. The van der Waals surface area contributed by atoms with Crippen LogP contribution in [0.2, 0.25) is 5.02 Å². The van der Waals surface area contributed by atoms with Gasteiger partial charge in [-0.3, -0.25) is 9.59 Å². The minimum atomic E-state index is -4.85. The Morgan fingerprint density at radius 2 is 1.91 bits per heavy atom. The molecule has 0 saturated heterocycles. The lowest BCUT2D eigenvalue weighted by Crippen LogP contribution is -2.33. The fraction of sp³-hybridized carbons (Fsp3) is 0.300. The van der Waals surface area contributed by atoms with E-state index in [0.717, 1.165) is 0 Å². The summed E-state index contributed by atoms with van der Waals surface area (Å²) in [5.74, 6) is -1.07. The van der Waals surface area contributed by atoms with Crippen molar-refractivity contribution in [3.05, 3.63) is 58.0 Å². The number of alkyl halides is 3. The Hall–Kier alpha value is -3.34. The van der Waals surface area contributed by atoms with Crippen molar-refractivity contribution >= 4 is 29.1 Å². The summed E-state index contributed by atoms with van der Waals surface area (Å²) in [4.78, 5) is 27.6. The average molecular weight is 470 g/mol. The number of benzene rings is 1. The molecule has 0 aliphatic rings. The van der Waals surface area contributed by atoms with Crippen molar-refractivity contribution in [3.8, 4) is 5.75 Å². The lowest BCUT2D eigenvalue weighted by molar-refractivity contribution is -0.274. The van der Waals surface area contributed by atoms with Gasteiger partial charge in [0.2, 0.25) is 5.91 Å². The summed E-state index contributed by atoms with van der Waals surface area (Å²) in [6, 6.07) is 4.14. The smallest absolute Gasteiger partial charge is 0.404 e. The van der Waals surface area contributed by atoms with Crippen LogP contribution in [0.4, 0.5) is 13.2 Å². The third-order valence-electron chi connectivity index (χ3n) is 4.51. The van der Waals surface area contributed by atoms with Crippen LogP contribution in [0.15, 0.2) is 30.6 Å². The zero-order chi connectivity index (χ0) is 23.5. The van der Waals surface area contributed by atoms with Crippen LogP contribution in [0.1, 0.15) is 34.1 Å². The molecule has 8 nitrogen and oxygen atoms in total. The monoisotopic (exact) mass is 469 g/mol. The van der Waals surface area contributed by atoms with Gasteiger partial charge in [-0.25, -0.2) is 9.50 Å². The molecule has 2 aromatic heterocycles. The topological polar surface area (TPSA) is 97.6 Å². The molecule has 170 valence electrons. The van der Waals surface area contributed by atoms with Crippen LogP contribution < -0.4 is 15.4 Å². The molecule has 0 unspecified atom stereocenters. The number of amides is 2. The average Bonchev–Trinajstić information content (AvgIpc) is 3.13. The number of halogens is 4. The molecule has 0 spiro atoms. The number of carbonyl (C=O) groups excluding carboxylic acids is 2. The van der Waals surface area contributed by atoms with E-state index < -0.39 is 18.0 Å². The molecule has 0 aliphatic heterocycles. The molecule has 0 fully saturated rings. The normalized spacial score (nSPS) is 11.4. The van der Waals surface area contributed by atoms with E-state index in [4.69, 9.17) is 11.6 Å². The number of rotatable bonds is 7. The predicted octanol–water partition coefficient (Wildman–Crippen LogP) is 3.05. The number of nitrogens with zero attached hydrogens (tertiary/aromatic N) is 3. The van der Waals surface area contributed by atoms with Crippen molar-refractivity contribution in [2.45, 2.75) is 26.6 Å². The van der Waals surface area contributed by atoms with Crippen molar-refractivity contribution in [3.63, 3.8) is 0 Å². The number of hydrogen-bond acceptors (Lipinski definition) is 5. The molecule has 3 aromatic rings. The standard InChI is InChI=1S/C20H19ClF3N5O3/c1-11-14(7-13-3-4-16(21)17(8-13)32-20(22,23)24)9-27-18-15(10-28-29(11)18)19(31)26-6-5-25-12(2)30/h3-4,8-10H,5-7H2,1-2H3,(H,25,30)(H,26,31). The molecule has 2 amide bonds. The van der Waals surface area contributed by atoms with Crippen LogP contribution in [0.25, 0.3) is 5.65 Å². The molecule has 2 heterocycles. The van der Waals surface area contributed by atoms with Gasteiger partial charge in [0.25, 0.3) is 5.91 Å². The molecule has 0 saturated carbocycles. The first-order valence-electron chi connectivity index (χ1n) is 9.44. The maximum atomic E-state index is 12.6. The van der Waals surface area contributed by atoms with Crippen LogP contribution in [0.3, 0.4) is 0 Å². The Morgan fingerprint density at radius 3 is 2.59 bits per heavy atom. The lowest BCUT2D eigenvalue weighted by atomic mass is 10.0. The van der Waals surface area contributed by atoms with Gasteiger partial charge < -0.3 is 15.4 Å². The summed E-state index contributed by atoms with van der Waals surface area (Å²) in [5, 5.41) is 9.30. The largest absolute Gasteiger partial charge is 0.573 e. The Kier molecular flexibility index (Phi) is 6.87. The van der Waals surface area contributed by atoms with Crippen molar-refractivity contribution in [2.75, 3.05) is 13.1 Å². The van der Waals surface area contributed by atoms with Crippen molar-refractivity contribution in [1.29, 1.82) is 0 Å². The molecule has 3 rings (SSSR count). The second-order valence-corrected chi connectivity index (χ2v) is 7.30. The highest BCUT2D eigenvalue weighted by Crippen LogP contribution is 2.31. The number of nitrogens with one attached hydrogen (secondary N) is 2. The highest BCUT2D eigenvalue weighted by Gasteiger charge is 2.32. The van der Waals surface area contributed by atoms with Gasteiger partial charge in [0, 0.05) is 38.3 Å². The van der Waals surface area contributed by atoms with E-state index in [-0.39, 0.29) is 36.0 Å². The molecule has 0 bridgehead atoms. The summed E-state index contributed by atoms with van der Waals surface area (Å²) in [6.07, 6.45) is -1.69. The second kappa shape index (κ2) is 9.43. The molecule has 0 atom stereocenters. The van der Waals surface area contributed by atoms with Gasteiger partial charge in [-0.15, -0.1) is 13.2 Å². The number of hydrogen-bond donors (Lipinski definition) is 2. The molecular weight excluding hydrogens is 451 g/mol. The van der Waals surface area contributed by atoms with Gasteiger partial charge >= 0.3 is 6.36 Å². The molecule has 1 aromatic carbocycles. The third-order valence-corrected chi connectivity index (χ3v) is 4.83. The van der Waals surface area contributed by atoms with Gasteiger partial charge in [-0.05, 0) is 30.2 Å². The Morgan fingerprint density at radius 1 is 1.19 bits per heavy atom. The SMILES string of the molecule is CC(=O)NCCNC(=O)c1cnn2c(C)c(Cc3ccc(Cl)c(OC(F)(F)F)c3)cnc12. The zero-order valence-electron chi connectivity index (χ0n) is 17.1. The van der Waals surface area contributed by atoms with Gasteiger partial charge in [0.1, 0.15) is 11.3 Å². The molecule has 32 heavy (non-hydrogen) atoms. The minimum Gasteiger partial charge on any atom is -0.404 e. The Bertz CT molecular complexity index is 1160. The van der Waals surface area contributed by atoms with E-state index in [1.54, 1.807) is 19.2 Å². The summed E-state index contributed by atoms with van der Waals surface area (Å²) in [6.45, 7) is 3.67. The first-order chi connectivity index (χ1) is 15.0. The fourth-order valence-corrected chi connectivity index (χ4v) is 3.16. The van der Waals surface area contributed by atoms with Crippen LogP contribution in [0, 0.1) is 6.92 Å². The van der Waals surface area contributed by atoms with Crippen LogP contribution in [-0.4, -0.2) is 45.9 Å². The Balaban J connectivity index is 1.79. The quantitative estimate of drug-likeness (QED) is 0.518. The maximum absolute atomic E-state index is 12.6. The van der Waals surface area contributed by atoms with Crippen molar-refractivity contribution in [1.82, 2.24) is 25.2 Å². The maximum Gasteiger partial charge on any atom is 0.573 e. The van der Waals surface area contributed by atoms with E-state index >= 15 is 0 Å². The fourth-order valence-electron chi connectivity index (χ4n) is 3.00. The number of ether oxygens (including phenoxy) is 1. The van der Waals surface area contributed by atoms with Crippen LogP contribution in [-0.2, 0) is 11.2 Å². The summed E-state index contributed by atoms with van der Waals surface area (Å²) in [7, 11) is 0. The number of carbonyl (C=O) groups is 2. The minimum absolute atomic E-state index is 0.155. The predicted molar refractivity (Wildman–Crippen MR) is 110 cm³/mol. The van der Waals surface area contributed by atoms with Crippen molar-refractivity contribution in [2.24, 2.45) is 0 Å². The van der Waals surface area contributed by atoms with E-state index in [0.29, 0.717) is 22.5 Å². The molecule has 0 radical (unpaired) electrons. The lowest BCUT2D eigenvalue weighted by Gasteiger charge is -2.13. The van der Waals surface area contributed by atoms with E-state index in [1.807, 2.05) is 0 Å². The molecule has 0 aliphatic carbocycles. The first-order valence-corrected chi connectivity index (χ1v) is 9.82. The molecule has 12 heteroatoms. The van der Waals surface area contributed by atoms with Crippen molar-refractivity contribution < 1.29 is 27.5 Å². The van der Waals surface area contributed by atoms with E-state index in [1.165, 1.54) is 29.8 Å². The van der Waals surface area contributed by atoms with Gasteiger partial charge in [-0.1, -0.05) is 17.7 Å². The van der Waals surface area contributed by atoms with Crippen LogP contribution in [0.5, 0.6) is 5.75 Å². The first kappa shape index (κ1) is 23.3. The Labute approximate surface area is 185 Å².